The number of ether oxygens (including phenoxy) is 2. The van der Waals surface area contributed by atoms with E-state index in [9.17, 15) is 13.9 Å². The van der Waals surface area contributed by atoms with Crippen molar-refractivity contribution in [3.8, 4) is 11.5 Å². The monoisotopic (exact) mass is 349 g/mol. The van der Waals surface area contributed by atoms with Gasteiger partial charge in [0.1, 0.15) is 11.6 Å². The molecule has 1 aliphatic heterocycles. The fourth-order valence-electron chi connectivity index (χ4n) is 3.21. The predicted molar refractivity (Wildman–Crippen MR) is 89.8 cm³/mol. The van der Waals surface area contributed by atoms with E-state index in [1.165, 1.54) is 11.6 Å². The van der Waals surface area contributed by atoms with E-state index in [2.05, 4.69) is 0 Å². The van der Waals surface area contributed by atoms with Gasteiger partial charge in [0.25, 0.3) is 0 Å². The predicted octanol–water partition coefficient (Wildman–Crippen LogP) is 3.07. The molecule has 1 heterocycles. The third-order valence-electron chi connectivity index (χ3n) is 4.55. The van der Waals surface area contributed by atoms with Gasteiger partial charge in [-0.2, -0.15) is 0 Å². The molecule has 2 aromatic carbocycles. The SMILES string of the molecule is COc1cc2c(cc1OC)CN(CC(O)c1ccc(F)cc1F)CC2. The molecule has 134 valence electrons. The van der Waals surface area contributed by atoms with Gasteiger partial charge < -0.3 is 14.6 Å². The summed E-state index contributed by atoms with van der Waals surface area (Å²) in [5.74, 6) is -0.0194. The lowest BCUT2D eigenvalue weighted by Gasteiger charge is -2.31. The maximum Gasteiger partial charge on any atom is 0.161 e. The van der Waals surface area contributed by atoms with Crippen molar-refractivity contribution in [3.63, 3.8) is 0 Å². The van der Waals surface area contributed by atoms with Crippen molar-refractivity contribution in [2.24, 2.45) is 0 Å². The molecule has 0 aromatic heterocycles. The molecule has 25 heavy (non-hydrogen) atoms. The molecule has 0 bridgehead atoms. The molecular formula is C19H21F2NO3. The Morgan fingerprint density at radius 3 is 2.40 bits per heavy atom. The van der Waals surface area contributed by atoms with E-state index in [0.29, 0.717) is 18.0 Å². The molecule has 0 spiro atoms. The zero-order valence-electron chi connectivity index (χ0n) is 14.3. The molecule has 1 aliphatic rings. The van der Waals surface area contributed by atoms with E-state index < -0.39 is 17.7 Å². The van der Waals surface area contributed by atoms with Crippen molar-refractivity contribution in [3.05, 3.63) is 58.7 Å². The number of aliphatic hydroxyl groups is 1. The van der Waals surface area contributed by atoms with E-state index in [1.54, 1.807) is 14.2 Å². The van der Waals surface area contributed by atoms with Crippen LogP contribution in [0, 0.1) is 11.6 Å². The van der Waals surface area contributed by atoms with Crippen LogP contribution in [0.2, 0.25) is 0 Å². The van der Waals surface area contributed by atoms with Crippen LogP contribution in [0.1, 0.15) is 22.8 Å². The lowest BCUT2D eigenvalue weighted by Crippen LogP contribution is -2.34. The number of rotatable bonds is 5. The second-order valence-corrected chi connectivity index (χ2v) is 6.14. The van der Waals surface area contributed by atoms with Crippen LogP contribution >= 0.6 is 0 Å². The molecule has 1 atom stereocenters. The van der Waals surface area contributed by atoms with Gasteiger partial charge in [-0.1, -0.05) is 6.07 Å². The maximum absolute atomic E-state index is 13.8. The number of benzene rings is 2. The van der Waals surface area contributed by atoms with Crippen LogP contribution in [0.25, 0.3) is 0 Å². The molecule has 1 unspecified atom stereocenters. The first-order chi connectivity index (χ1) is 12.0. The number of β-amino-alcohol motifs (C(OH)–C–C–N with tert-alkyl or cyclic N) is 1. The highest BCUT2D eigenvalue weighted by molar-refractivity contribution is 5.48. The molecular weight excluding hydrogens is 328 g/mol. The fourth-order valence-corrected chi connectivity index (χ4v) is 3.21. The van der Waals surface area contributed by atoms with Crippen molar-refractivity contribution in [1.29, 1.82) is 0 Å². The van der Waals surface area contributed by atoms with Crippen molar-refractivity contribution < 1.29 is 23.4 Å². The summed E-state index contributed by atoms with van der Waals surface area (Å²) in [6.07, 6.45) is -0.212. The first kappa shape index (κ1) is 17.6. The summed E-state index contributed by atoms with van der Waals surface area (Å²) in [5.41, 5.74) is 2.38. The zero-order valence-corrected chi connectivity index (χ0v) is 14.3. The second-order valence-electron chi connectivity index (χ2n) is 6.14. The summed E-state index contributed by atoms with van der Waals surface area (Å²) in [6, 6.07) is 7.15. The van der Waals surface area contributed by atoms with E-state index in [4.69, 9.17) is 9.47 Å². The fraction of sp³-hybridized carbons (Fsp3) is 0.368. The van der Waals surface area contributed by atoms with Gasteiger partial charge in [0.15, 0.2) is 11.5 Å². The van der Waals surface area contributed by atoms with Crippen LogP contribution in [0.5, 0.6) is 11.5 Å². The Kier molecular flexibility index (Phi) is 5.20. The molecule has 0 amide bonds. The molecule has 0 saturated carbocycles. The van der Waals surface area contributed by atoms with Crippen molar-refractivity contribution in [2.75, 3.05) is 27.3 Å². The number of fused-ring (bicyclic) bond motifs is 1. The lowest BCUT2D eigenvalue weighted by atomic mass is 9.98. The van der Waals surface area contributed by atoms with Crippen LogP contribution < -0.4 is 9.47 Å². The van der Waals surface area contributed by atoms with Crippen LogP contribution in [-0.2, 0) is 13.0 Å². The number of methoxy groups -OCH3 is 2. The normalized spacial score (nSPS) is 15.6. The van der Waals surface area contributed by atoms with Gasteiger partial charge in [0.05, 0.1) is 20.3 Å². The van der Waals surface area contributed by atoms with E-state index in [1.807, 2.05) is 17.0 Å². The van der Waals surface area contributed by atoms with Gasteiger partial charge in [-0.25, -0.2) is 8.78 Å². The van der Waals surface area contributed by atoms with Gasteiger partial charge in [-0.15, -0.1) is 0 Å². The summed E-state index contributed by atoms with van der Waals surface area (Å²) in [5, 5.41) is 10.3. The number of nitrogens with zero attached hydrogens (tertiary/aromatic N) is 1. The molecule has 1 N–H and O–H groups in total. The Labute approximate surface area is 145 Å². The molecule has 0 aliphatic carbocycles. The van der Waals surface area contributed by atoms with Crippen molar-refractivity contribution in [2.45, 2.75) is 19.1 Å². The average molecular weight is 349 g/mol. The number of hydrogen-bond acceptors (Lipinski definition) is 4. The van der Waals surface area contributed by atoms with Crippen molar-refractivity contribution in [1.82, 2.24) is 4.90 Å². The van der Waals surface area contributed by atoms with Gasteiger partial charge >= 0.3 is 0 Å². The molecule has 0 fully saturated rings. The van der Waals surface area contributed by atoms with Gasteiger partial charge in [0, 0.05) is 31.3 Å². The largest absolute Gasteiger partial charge is 0.493 e. The summed E-state index contributed by atoms with van der Waals surface area (Å²) in [6.45, 7) is 1.63. The number of hydrogen-bond donors (Lipinski definition) is 1. The first-order valence-electron chi connectivity index (χ1n) is 8.11. The van der Waals surface area contributed by atoms with Crippen LogP contribution in [0.4, 0.5) is 8.78 Å². The van der Waals surface area contributed by atoms with E-state index in [0.717, 1.165) is 30.7 Å². The molecule has 3 rings (SSSR count). The van der Waals surface area contributed by atoms with E-state index >= 15 is 0 Å². The summed E-state index contributed by atoms with van der Waals surface area (Å²) < 4.78 is 37.5. The lowest BCUT2D eigenvalue weighted by molar-refractivity contribution is 0.103. The third kappa shape index (κ3) is 3.75. The Morgan fingerprint density at radius 2 is 1.76 bits per heavy atom. The smallest absolute Gasteiger partial charge is 0.161 e. The molecule has 4 nitrogen and oxygen atoms in total. The highest BCUT2D eigenvalue weighted by Crippen LogP contribution is 2.33. The molecule has 6 heteroatoms. The Morgan fingerprint density at radius 1 is 1.08 bits per heavy atom. The standard InChI is InChI=1S/C19H21F2NO3/c1-24-18-7-12-5-6-22(10-13(12)8-19(18)25-2)11-17(23)15-4-3-14(20)9-16(15)21/h3-4,7-9,17,23H,5-6,10-11H2,1-2H3. The molecule has 2 aromatic rings. The van der Waals surface area contributed by atoms with Gasteiger partial charge in [0.2, 0.25) is 0 Å². The minimum Gasteiger partial charge on any atom is -0.493 e. The van der Waals surface area contributed by atoms with Gasteiger partial charge in [-0.3, -0.25) is 4.90 Å². The van der Waals surface area contributed by atoms with Crippen LogP contribution in [0.3, 0.4) is 0 Å². The minimum absolute atomic E-state index is 0.111. The van der Waals surface area contributed by atoms with Crippen molar-refractivity contribution >= 4 is 0 Å². The Bertz CT molecular complexity index is 767. The van der Waals surface area contributed by atoms with Crippen LogP contribution in [0.15, 0.2) is 30.3 Å². The van der Waals surface area contributed by atoms with Crippen LogP contribution in [-0.4, -0.2) is 37.3 Å². The molecule has 0 radical (unpaired) electrons. The zero-order chi connectivity index (χ0) is 18.0. The third-order valence-corrected chi connectivity index (χ3v) is 4.55. The highest BCUT2D eigenvalue weighted by atomic mass is 19.1. The summed E-state index contributed by atoms with van der Waals surface area (Å²) in [4.78, 5) is 2.04. The topological polar surface area (TPSA) is 41.9 Å². The molecule has 0 saturated heterocycles. The quantitative estimate of drug-likeness (QED) is 0.901. The van der Waals surface area contributed by atoms with Gasteiger partial charge in [-0.05, 0) is 35.7 Å². The summed E-state index contributed by atoms with van der Waals surface area (Å²) in [7, 11) is 3.19. The Hall–Kier alpha value is -2.18. The maximum atomic E-state index is 13.8. The average Bonchev–Trinajstić information content (AvgIpc) is 2.60. The second kappa shape index (κ2) is 7.37. The van der Waals surface area contributed by atoms with E-state index in [-0.39, 0.29) is 12.1 Å². The minimum atomic E-state index is -1.01. The summed E-state index contributed by atoms with van der Waals surface area (Å²) >= 11 is 0. The number of halogens is 2. The number of aliphatic hydroxyl groups excluding tert-OH is 1. The highest BCUT2D eigenvalue weighted by Gasteiger charge is 2.23. The Balaban J connectivity index is 1.74. The first-order valence-corrected chi connectivity index (χ1v) is 8.11.